The van der Waals surface area contributed by atoms with Gasteiger partial charge in [-0.15, -0.1) is 0 Å². The summed E-state index contributed by atoms with van der Waals surface area (Å²) in [5.74, 6) is 0.310. The molecule has 2 rings (SSSR count). The fourth-order valence-electron chi connectivity index (χ4n) is 1.69. The molecule has 0 aliphatic rings. The first-order chi connectivity index (χ1) is 7.68. The quantitative estimate of drug-likeness (QED) is 0.828. The molecule has 1 N–H and O–H groups in total. The molecule has 2 aromatic carbocycles. The third-order valence-corrected chi connectivity index (χ3v) is 2.56. The van der Waals surface area contributed by atoms with Crippen LogP contribution in [0, 0.1) is 0 Å². The molecule has 0 atom stereocenters. The van der Waals surface area contributed by atoms with Crippen molar-refractivity contribution in [2.24, 2.45) is 0 Å². The number of anilines is 1. The van der Waals surface area contributed by atoms with Crippen LogP contribution >= 0.6 is 0 Å². The molecule has 0 aromatic heterocycles. The first-order valence-electron chi connectivity index (χ1n) is 5.24. The molecular formula is C14H15NO. The van der Waals surface area contributed by atoms with Crippen LogP contribution in [0.5, 0.6) is 5.75 Å². The first kappa shape index (κ1) is 10.6. The molecule has 0 saturated carbocycles. The minimum absolute atomic E-state index is 0.310. The van der Waals surface area contributed by atoms with Crippen molar-refractivity contribution in [3.05, 3.63) is 48.5 Å². The molecule has 0 heterocycles. The van der Waals surface area contributed by atoms with Crippen molar-refractivity contribution in [2.75, 3.05) is 19.0 Å². The topological polar surface area (TPSA) is 23.5 Å². The summed E-state index contributed by atoms with van der Waals surface area (Å²) in [5.41, 5.74) is 3.11. The monoisotopic (exact) mass is 213 g/mol. The van der Waals surface area contributed by atoms with Gasteiger partial charge in [0.15, 0.2) is 0 Å². The number of aromatic hydroxyl groups is 1. The van der Waals surface area contributed by atoms with E-state index in [2.05, 4.69) is 12.1 Å². The molecule has 0 amide bonds. The number of phenolic OH excluding ortho intramolecular Hbond substituents is 1. The van der Waals surface area contributed by atoms with Crippen LogP contribution in [-0.2, 0) is 0 Å². The highest BCUT2D eigenvalue weighted by Gasteiger charge is 2.05. The molecule has 2 aromatic rings. The van der Waals surface area contributed by atoms with Crippen molar-refractivity contribution in [3.8, 4) is 16.9 Å². The highest BCUT2D eigenvalue weighted by atomic mass is 16.3. The largest absolute Gasteiger partial charge is 0.506 e. The predicted molar refractivity (Wildman–Crippen MR) is 67.9 cm³/mol. The first-order valence-corrected chi connectivity index (χ1v) is 5.24. The van der Waals surface area contributed by atoms with E-state index in [0.29, 0.717) is 5.75 Å². The van der Waals surface area contributed by atoms with Crippen molar-refractivity contribution >= 4 is 5.69 Å². The van der Waals surface area contributed by atoms with E-state index in [0.717, 1.165) is 16.8 Å². The smallest absolute Gasteiger partial charge is 0.138 e. The zero-order valence-electron chi connectivity index (χ0n) is 9.51. The second-order valence-electron chi connectivity index (χ2n) is 3.96. The van der Waals surface area contributed by atoms with Gasteiger partial charge in [-0.2, -0.15) is 0 Å². The Morgan fingerprint density at radius 1 is 0.875 bits per heavy atom. The van der Waals surface area contributed by atoms with E-state index in [9.17, 15) is 5.11 Å². The highest BCUT2D eigenvalue weighted by molar-refractivity contribution is 5.71. The number of benzene rings is 2. The van der Waals surface area contributed by atoms with Gasteiger partial charge in [0.25, 0.3) is 0 Å². The van der Waals surface area contributed by atoms with Gasteiger partial charge >= 0.3 is 0 Å². The van der Waals surface area contributed by atoms with Crippen molar-refractivity contribution in [1.29, 1.82) is 0 Å². The Kier molecular flexibility index (Phi) is 2.82. The SMILES string of the molecule is CN(C)c1cc(-c2ccccc2)ccc1O. The number of hydrogen-bond donors (Lipinski definition) is 1. The van der Waals surface area contributed by atoms with Crippen LogP contribution in [0.15, 0.2) is 48.5 Å². The normalized spacial score (nSPS) is 10.1. The fourth-order valence-corrected chi connectivity index (χ4v) is 1.69. The Balaban J connectivity index is 2.48. The van der Waals surface area contributed by atoms with E-state index < -0.39 is 0 Å². The average Bonchev–Trinajstić information content (AvgIpc) is 2.30. The maximum absolute atomic E-state index is 9.71. The van der Waals surface area contributed by atoms with Crippen molar-refractivity contribution in [3.63, 3.8) is 0 Å². The molecule has 0 unspecified atom stereocenters. The Morgan fingerprint density at radius 3 is 2.19 bits per heavy atom. The van der Waals surface area contributed by atoms with Gasteiger partial charge in [0.1, 0.15) is 5.75 Å². The molecule has 0 aliphatic carbocycles. The lowest BCUT2D eigenvalue weighted by molar-refractivity contribution is 0.476. The number of rotatable bonds is 2. The van der Waals surface area contributed by atoms with Gasteiger partial charge in [0, 0.05) is 14.1 Å². The molecule has 16 heavy (non-hydrogen) atoms. The lowest BCUT2D eigenvalue weighted by Crippen LogP contribution is -2.08. The predicted octanol–water partition coefficient (Wildman–Crippen LogP) is 3.13. The van der Waals surface area contributed by atoms with Crippen molar-refractivity contribution in [2.45, 2.75) is 0 Å². The minimum Gasteiger partial charge on any atom is -0.506 e. The van der Waals surface area contributed by atoms with Gasteiger partial charge in [-0.1, -0.05) is 36.4 Å². The number of phenols is 1. The maximum Gasteiger partial charge on any atom is 0.138 e. The van der Waals surface area contributed by atoms with Crippen LogP contribution in [0.4, 0.5) is 5.69 Å². The lowest BCUT2D eigenvalue weighted by Gasteiger charge is -2.15. The molecule has 0 radical (unpaired) electrons. The third-order valence-electron chi connectivity index (χ3n) is 2.56. The van der Waals surface area contributed by atoms with E-state index >= 15 is 0 Å². The Bertz CT molecular complexity index is 477. The summed E-state index contributed by atoms with van der Waals surface area (Å²) in [6.45, 7) is 0. The lowest BCUT2D eigenvalue weighted by atomic mass is 10.0. The zero-order valence-corrected chi connectivity index (χ0v) is 9.51. The van der Waals surface area contributed by atoms with Gasteiger partial charge in [-0.3, -0.25) is 0 Å². The molecule has 2 nitrogen and oxygen atoms in total. The molecule has 0 saturated heterocycles. The Morgan fingerprint density at radius 2 is 1.56 bits per heavy atom. The second-order valence-corrected chi connectivity index (χ2v) is 3.96. The zero-order chi connectivity index (χ0) is 11.5. The molecule has 0 spiro atoms. The summed E-state index contributed by atoms with van der Waals surface area (Å²) in [6.07, 6.45) is 0. The molecule has 0 fully saturated rings. The Labute approximate surface area is 95.8 Å². The Hall–Kier alpha value is -1.96. The highest BCUT2D eigenvalue weighted by Crippen LogP contribution is 2.31. The van der Waals surface area contributed by atoms with Gasteiger partial charge < -0.3 is 10.0 Å². The van der Waals surface area contributed by atoms with Crippen LogP contribution in [0.25, 0.3) is 11.1 Å². The van der Waals surface area contributed by atoms with Crippen molar-refractivity contribution in [1.82, 2.24) is 0 Å². The fraction of sp³-hybridized carbons (Fsp3) is 0.143. The van der Waals surface area contributed by atoms with Crippen LogP contribution in [0.3, 0.4) is 0 Å². The number of nitrogens with zero attached hydrogens (tertiary/aromatic N) is 1. The van der Waals surface area contributed by atoms with Crippen LogP contribution in [-0.4, -0.2) is 19.2 Å². The summed E-state index contributed by atoms with van der Waals surface area (Å²) in [6, 6.07) is 15.8. The van der Waals surface area contributed by atoms with E-state index in [1.54, 1.807) is 6.07 Å². The second kappa shape index (κ2) is 4.27. The minimum atomic E-state index is 0.310. The molecular weight excluding hydrogens is 198 g/mol. The van der Waals surface area contributed by atoms with Crippen LogP contribution in [0.1, 0.15) is 0 Å². The summed E-state index contributed by atoms with van der Waals surface area (Å²) >= 11 is 0. The summed E-state index contributed by atoms with van der Waals surface area (Å²) in [5, 5.41) is 9.71. The maximum atomic E-state index is 9.71. The molecule has 82 valence electrons. The van der Waals surface area contributed by atoms with Crippen LogP contribution in [0.2, 0.25) is 0 Å². The number of hydrogen-bond acceptors (Lipinski definition) is 2. The van der Waals surface area contributed by atoms with E-state index in [-0.39, 0.29) is 0 Å². The van der Waals surface area contributed by atoms with E-state index in [1.807, 2.05) is 49.3 Å². The van der Waals surface area contributed by atoms with Crippen LogP contribution < -0.4 is 4.90 Å². The summed E-state index contributed by atoms with van der Waals surface area (Å²) in [4.78, 5) is 1.90. The summed E-state index contributed by atoms with van der Waals surface area (Å²) < 4.78 is 0. The summed E-state index contributed by atoms with van der Waals surface area (Å²) in [7, 11) is 3.84. The van der Waals surface area contributed by atoms with Gasteiger partial charge in [0.05, 0.1) is 5.69 Å². The van der Waals surface area contributed by atoms with E-state index in [1.165, 1.54) is 0 Å². The van der Waals surface area contributed by atoms with Gasteiger partial charge in [0.2, 0.25) is 0 Å². The van der Waals surface area contributed by atoms with E-state index in [4.69, 9.17) is 0 Å². The molecule has 2 heteroatoms. The molecule has 0 aliphatic heterocycles. The average molecular weight is 213 g/mol. The standard InChI is InChI=1S/C14H15NO/c1-15(2)13-10-12(8-9-14(13)16)11-6-4-3-5-7-11/h3-10,16H,1-2H3. The third kappa shape index (κ3) is 2.01. The van der Waals surface area contributed by atoms with Gasteiger partial charge in [-0.05, 0) is 23.3 Å². The van der Waals surface area contributed by atoms with Crippen molar-refractivity contribution < 1.29 is 5.11 Å². The molecule has 0 bridgehead atoms. The van der Waals surface area contributed by atoms with Gasteiger partial charge in [-0.25, -0.2) is 0 Å².